The van der Waals surface area contributed by atoms with Gasteiger partial charge in [-0.2, -0.15) is 0 Å². The van der Waals surface area contributed by atoms with Crippen LogP contribution in [0.3, 0.4) is 0 Å². The van der Waals surface area contributed by atoms with E-state index in [-0.39, 0.29) is 16.9 Å². The fourth-order valence-corrected chi connectivity index (χ4v) is 5.39. The molecule has 1 aliphatic heterocycles. The molecular weight excluding hydrogens is 462 g/mol. The molecule has 0 aliphatic carbocycles. The highest BCUT2D eigenvalue weighted by Gasteiger charge is 2.41. The molecule has 6 heteroatoms. The van der Waals surface area contributed by atoms with Gasteiger partial charge in [-0.25, -0.2) is 0 Å². The van der Waals surface area contributed by atoms with Gasteiger partial charge in [-0.05, 0) is 44.9 Å². The third kappa shape index (κ3) is 4.18. The van der Waals surface area contributed by atoms with Crippen LogP contribution in [-0.4, -0.2) is 42.2 Å². The highest BCUT2D eigenvalue weighted by atomic mass is 16.5. The molecule has 1 aromatic heterocycles. The Morgan fingerprint density at radius 1 is 0.892 bits per heavy atom. The van der Waals surface area contributed by atoms with Gasteiger partial charge in [0.15, 0.2) is 11.5 Å². The summed E-state index contributed by atoms with van der Waals surface area (Å²) in [7, 11) is 1.59. The Kier molecular flexibility index (Phi) is 6.30. The lowest BCUT2D eigenvalue weighted by molar-refractivity contribution is 0.0608. The monoisotopic (exact) mass is 499 g/mol. The normalized spacial score (nSPS) is 14.5. The lowest BCUT2D eigenvalue weighted by Crippen LogP contribution is -2.45. The number of para-hydroxylation sites is 2. The van der Waals surface area contributed by atoms with Gasteiger partial charge in [0.25, 0.3) is 5.91 Å². The fraction of sp³-hybridized carbons (Fsp3) is 0.387. The Morgan fingerprint density at radius 3 is 2.03 bits per heavy atom. The first kappa shape index (κ1) is 25.0. The van der Waals surface area contributed by atoms with Gasteiger partial charge in [-0.1, -0.05) is 50.2 Å². The van der Waals surface area contributed by atoms with Crippen LogP contribution in [0.1, 0.15) is 50.9 Å². The minimum atomic E-state index is -0.305. The molecule has 0 saturated carbocycles. The van der Waals surface area contributed by atoms with E-state index in [0.717, 1.165) is 25.9 Å². The number of ether oxygens (including phenoxy) is 2. The molecular formula is C31H37N3O3. The van der Waals surface area contributed by atoms with Gasteiger partial charge in [0, 0.05) is 57.6 Å². The molecule has 3 aromatic carbocycles. The molecule has 2 N–H and O–H groups in total. The number of hydrogen-bond acceptors (Lipinski definition) is 4. The van der Waals surface area contributed by atoms with Crippen molar-refractivity contribution in [3.8, 4) is 11.5 Å². The maximum atomic E-state index is 13.0. The standard InChI is InChI=1S/C31H37N3O3/c1-30(2,31(3,4)34-25-14-8-6-12-21(25)22-13-7-9-15-26(22)34)20-37-28-19-24(32)23(18-27(28)36-5)29(35)33-16-10-11-17-33/h6-9,12-15,18-19H,10-11,16-17,20,32H2,1-5H3. The highest BCUT2D eigenvalue weighted by molar-refractivity contribution is 6.08. The van der Waals surface area contributed by atoms with Crippen LogP contribution in [0.4, 0.5) is 5.69 Å². The number of amides is 1. The summed E-state index contributed by atoms with van der Waals surface area (Å²) in [6, 6.07) is 20.6. The number of rotatable bonds is 7. The van der Waals surface area contributed by atoms with E-state index in [2.05, 4.69) is 80.8 Å². The van der Waals surface area contributed by atoms with E-state index < -0.39 is 0 Å². The summed E-state index contributed by atoms with van der Waals surface area (Å²) in [5.41, 5.74) is 9.04. The molecule has 0 bridgehead atoms. The number of carbonyl (C=O) groups excluding carboxylic acids is 1. The number of nitrogens with two attached hydrogens (primary N) is 1. The third-order valence-electron chi connectivity index (χ3n) is 8.34. The van der Waals surface area contributed by atoms with Crippen LogP contribution in [-0.2, 0) is 5.54 Å². The topological polar surface area (TPSA) is 69.7 Å². The van der Waals surface area contributed by atoms with Gasteiger partial charge in [-0.3, -0.25) is 4.79 Å². The number of carbonyl (C=O) groups is 1. The molecule has 194 valence electrons. The third-order valence-corrected chi connectivity index (χ3v) is 8.34. The van der Waals surface area contributed by atoms with Crippen LogP contribution in [0.25, 0.3) is 21.8 Å². The quantitative estimate of drug-likeness (QED) is 0.296. The number of aromatic nitrogens is 1. The Morgan fingerprint density at radius 2 is 1.46 bits per heavy atom. The molecule has 0 unspecified atom stereocenters. The van der Waals surface area contributed by atoms with Crippen molar-refractivity contribution in [1.29, 1.82) is 0 Å². The number of anilines is 1. The van der Waals surface area contributed by atoms with Crippen LogP contribution < -0.4 is 15.2 Å². The predicted octanol–water partition coefficient (Wildman–Crippen LogP) is 6.46. The second kappa shape index (κ2) is 9.33. The van der Waals surface area contributed by atoms with Crippen molar-refractivity contribution in [2.24, 2.45) is 5.41 Å². The van der Waals surface area contributed by atoms with E-state index >= 15 is 0 Å². The Hall–Kier alpha value is -3.67. The average Bonchev–Trinajstić information content (AvgIpc) is 3.54. The Labute approximate surface area is 218 Å². The molecule has 5 rings (SSSR count). The second-order valence-electron chi connectivity index (χ2n) is 11.2. The van der Waals surface area contributed by atoms with Gasteiger partial charge in [0.05, 0.1) is 19.3 Å². The van der Waals surface area contributed by atoms with E-state index in [4.69, 9.17) is 15.2 Å². The molecule has 0 radical (unpaired) electrons. The number of fused-ring (bicyclic) bond motifs is 3. The molecule has 0 atom stereocenters. The molecule has 0 spiro atoms. The summed E-state index contributed by atoms with van der Waals surface area (Å²) >= 11 is 0. The zero-order valence-corrected chi connectivity index (χ0v) is 22.5. The zero-order chi connectivity index (χ0) is 26.4. The lowest BCUT2D eigenvalue weighted by atomic mass is 9.74. The summed E-state index contributed by atoms with van der Waals surface area (Å²) in [5, 5.41) is 2.49. The molecule has 1 saturated heterocycles. The average molecular weight is 500 g/mol. The molecule has 1 aliphatic rings. The first-order valence-electron chi connectivity index (χ1n) is 13.0. The summed E-state index contributed by atoms with van der Waals surface area (Å²) < 4.78 is 14.5. The van der Waals surface area contributed by atoms with Gasteiger partial charge in [0.1, 0.15) is 0 Å². The predicted molar refractivity (Wildman–Crippen MR) is 151 cm³/mol. The molecule has 4 aromatic rings. The van der Waals surface area contributed by atoms with Crippen molar-refractivity contribution < 1.29 is 14.3 Å². The highest BCUT2D eigenvalue weighted by Crippen LogP contribution is 2.44. The van der Waals surface area contributed by atoms with Crippen LogP contribution in [0.5, 0.6) is 11.5 Å². The lowest BCUT2D eigenvalue weighted by Gasteiger charge is -2.43. The van der Waals surface area contributed by atoms with E-state index in [0.29, 0.717) is 29.4 Å². The van der Waals surface area contributed by atoms with Crippen LogP contribution in [0.2, 0.25) is 0 Å². The number of benzene rings is 3. The summed E-state index contributed by atoms with van der Waals surface area (Å²) in [4.78, 5) is 14.8. The van der Waals surface area contributed by atoms with Crippen molar-refractivity contribution in [2.45, 2.75) is 46.1 Å². The van der Waals surface area contributed by atoms with Gasteiger partial charge in [-0.15, -0.1) is 0 Å². The minimum Gasteiger partial charge on any atom is -0.493 e. The molecule has 6 nitrogen and oxygen atoms in total. The van der Waals surface area contributed by atoms with Crippen molar-refractivity contribution in [3.63, 3.8) is 0 Å². The van der Waals surface area contributed by atoms with Gasteiger partial charge in [0.2, 0.25) is 0 Å². The number of nitrogens with zero attached hydrogens (tertiary/aromatic N) is 2. The van der Waals surface area contributed by atoms with E-state index in [9.17, 15) is 4.79 Å². The summed E-state index contributed by atoms with van der Waals surface area (Å²) in [6.07, 6.45) is 2.06. The maximum Gasteiger partial charge on any atom is 0.256 e. The largest absolute Gasteiger partial charge is 0.493 e. The molecule has 2 heterocycles. The SMILES string of the molecule is COc1cc(C(=O)N2CCCC2)c(N)cc1OCC(C)(C)C(C)(C)n1c2ccccc2c2ccccc21. The number of likely N-dealkylation sites (tertiary alicyclic amines) is 1. The fourth-order valence-electron chi connectivity index (χ4n) is 5.39. The van der Waals surface area contributed by atoms with Gasteiger partial charge >= 0.3 is 0 Å². The van der Waals surface area contributed by atoms with Crippen LogP contribution in [0, 0.1) is 5.41 Å². The van der Waals surface area contributed by atoms with Crippen molar-refractivity contribution in [2.75, 3.05) is 32.5 Å². The first-order valence-corrected chi connectivity index (χ1v) is 13.0. The smallest absolute Gasteiger partial charge is 0.256 e. The Bertz CT molecular complexity index is 1410. The van der Waals surface area contributed by atoms with E-state index in [1.807, 2.05) is 4.90 Å². The zero-order valence-electron chi connectivity index (χ0n) is 22.5. The van der Waals surface area contributed by atoms with Crippen molar-refractivity contribution in [3.05, 3.63) is 66.2 Å². The summed E-state index contributed by atoms with van der Waals surface area (Å²) in [6.45, 7) is 10.9. The van der Waals surface area contributed by atoms with Crippen LogP contribution >= 0.6 is 0 Å². The molecule has 1 fully saturated rings. The minimum absolute atomic E-state index is 0.0484. The summed E-state index contributed by atoms with van der Waals surface area (Å²) in [5.74, 6) is 1.01. The second-order valence-corrected chi connectivity index (χ2v) is 11.2. The van der Waals surface area contributed by atoms with Gasteiger partial charge < -0.3 is 24.7 Å². The van der Waals surface area contributed by atoms with Crippen LogP contribution in [0.15, 0.2) is 60.7 Å². The number of nitrogen functional groups attached to an aromatic ring is 1. The maximum absolute atomic E-state index is 13.0. The first-order chi connectivity index (χ1) is 17.7. The molecule has 37 heavy (non-hydrogen) atoms. The van der Waals surface area contributed by atoms with E-state index in [1.165, 1.54) is 21.8 Å². The number of methoxy groups -OCH3 is 1. The Balaban J connectivity index is 1.46. The number of hydrogen-bond donors (Lipinski definition) is 1. The molecule has 1 amide bonds. The van der Waals surface area contributed by atoms with E-state index in [1.54, 1.807) is 19.2 Å². The van der Waals surface area contributed by atoms with Crippen molar-refractivity contribution >= 4 is 33.4 Å². The van der Waals surface area contributed by atoms with Crippen molar-refractivity contribution in [1.82, 2.24) is 9.47 Å².